The number of aromatic nitrogens is 2. The minimum Gasteiger partial charge on any atom is -0.392 e. The van der Waals surface area contributed by atoms with Crippen LogP contribution in [-0.2, 0) is 6.61 Å². The lowest BCUT2D eigenvalue weighted by Gasteiger charge is -2.08. The summed E-state index contributed by atoms with van der Waals surface area (Å²) >= 11 is 0. The van der Waals surface area contributed by atoms with Crippen LogP contribution < -0.4 is 5.32 Å². The van der Waals surface area contributed by atoms with Crippen molar-refractivity contribution in [1.82, 2.24) is 9.78 Å². The van der Waals surface area contributed by atoms with Gasteiger partial charge in [0, 0.05) is 17.4 Å². The minimum absolute atomic E-state index is 0.0799. The maximum Gasteiger partial charge on any atom is 0.259 e. The van der Waals surface area contributed by atoms with Crippen LogP contribution in [0, 0.1) is 13.8 Å². The second-order valence-electron chi connectivity index (χ2n) is 7.30. The number of benzene rings is 3. The lowest BCUT2D eigenvalue weighted by atomic mass is 10.0. The van der Waals surface area contributed by atoms with E-state index in [2.05, 4.69) is 11.4 Å². The predicted octanol–water partition coefficient (Wildman–Crippen LogP) is 4.90. The van der Waals surface area contributed by atoms with Crippen LogP contribution in [0.2, 0.25) is 0 Å². The van der Waals surface area contributed by atoms with Crippen molar-refractivity contribution in [1.29, 1.82) is 0 Å². The largest absolute Gasteiger partial charge is 0.392 e. The van der Waals surface area contributed by atoms with Gasteiger partial charge in [-0.1, -0.05) is 54.1 Å². The molecule has 0 aliphatic rings. The van der Waals surface area contributed by atoms with Crippen LogP contribution in [0.1, 0.15) is 27.0 Å². The first-order chi connectivity index (χ1) is 14.5. The van der Waals surface area contributed by atoms with Gasteiger partial charge in [-0.05, 0) is 49.2 Å². The molecule has 0 spiro atoms. The summed E-state index contributed by atoms with van der Waals surface area (Å²) in [6.07, 6.45) is 1.76. The highest BCUT2D eigenvalue weighted by molar-refractivity contribution is 6.08. The molecule has 0 unspecified atom stereocenters. The number of carbonyl (C=O) groups excluding carboxylic acids is 1. The van der Waals surface area contributed by atoms with Gasteiger partial charge in [-0.2, -0.15) is 5.10 Å². The second kappa shape index (κ2) is 8.35. The molecular formula is C25H23N3O2. The predicted molar refractivity (Wildman–Crippen MR) is 119 cm³/mol. The first kappa shape index (κ1) is 19.6. The summed E-state index contributed by atoms with van der Waals surface area (Å²) in [6, 6.07) is 23.0. The van der Waals surface area contributed by atoms with Crippen LogP contribution in [-0.4, -0.2) is 20.8 Å². The van der Waals surface area contributed by atoms with Gasteiger partial charge in [0.1, 0.15) is 5.69 Å². The third kappa shape index (κ3) is 4.02. The number of nitrogens with zero attached hydrogens (tertiary/aromatic N) is 2. The lowest BCUT2D eigenvalue weighted by Crippen LogP contribution is -2.12. The summed E-state index contributed by atoms with van der Waals surface area (Å²) in [6.45, 7) is 3.99. The van der Waals surface area contributed by atoms with Gasteiger partial charge in [0.2, 0.25) is 0 Å². The zero-order valence-electron chi connectivity index (χ0n) is 17.0. The van der Waals surface area contributed by atoms with Gasteiger partial charge in [0.25, 0.3) is 5.91 Å². The number of nitrogens with one attached hydrogen (secondary N) is 1. The molecule has 1 aromatic heterocycles. The molecular weight excluding hydrogens is 374 g/mol. The van der Waals surface area contributed by atoms with Gasteiger partial charge in [0.05, 0.1) is 17.9 Å². The smallest absolute Gasteiger partial charge is 0.259 e. The Hall–Kier alpha value is -3.70. The number of carbonyl (C=O) groups is 1. The van der Waals surface area contributed by atoms with E-state index < -0.39 is 0 Å². The number of hydrogen-bond donors (Lipinski definition) is 2. The van der Waals surface area contributed by atoms with Crippen LogP contribution in [0.15, 0.2) is 79.0 Å². The molecule has 0 fully saturated rings. The summed E-state index contributed by atoms with van der Waals surface area (Å²) in [5.74, 6) is -0.248. The van der Waals surface area contributed by atoms with Gasteiger partial charge < -0.3 is 10.4 Å². The Balaban J connectivity index is 1.78. The van der Waals surface area contributed by atoms with Crippen molar-refractivity contribution >= 4 is 11.6 Å². The Kier molecular flexibility index (Phi) is 5.46. The van der Waals surface area contributed by atoms with Crippen LogP contribution in [0.25, 0.3) is 16.9 Å². The van der Waals surface area contributed by atoms with Crippen molar-refractivity contribution in [3.8, 4) is 16.9 Å². The molecule has 4 aromatic rings. The zero-order chi connectivity index (χ0) is 21.1. The number of para-hydroxylation sites is 1. The molecule has 5 nitrogen and oxygen atoms in total. The Bertz CT molecular complexity index is 1200. The van der Waals surface area contributed by atoms with E-state index in [-0.39, 0.29) is 12.5 Å². The maximum atomic E-state index is 13.2. The Labute approximate surface area is 175 Å². The second-order valence-corrected chi connectivity index (χ2v) is 7.30. The number of amides is 1. The minimum atomic E-state index is -0.248. The normalized spacial score (nSPS) is 10.8. The number of aryl methyl sites for hydroxylation is 2. The molecule has 1 amide bonds. The topological polar surface area (TPSA) is 67.2 Å². The summed E-state index contributed by atoms with van der Waals surface area (Å²) in [4.78, 5) is 13.2. The molecule has 30 heavy (non-hydrogen) atoms. The fourth-order valence-electron chi connectivity index (χ4n) is 3.48. The highest BCUT2D eigenvalue weighted by atomic mass is 16.3. The van der Waals surface area contributed by atoms with Crippen molar-refractivity contribution < 1.29 is 9.90 Å². The fraction of sp³-hybridized carbons (Fsp3) is 0.120. The average molecular weight is 397 g/mol. The number of aliphatic hydroxyl groups is 1. The lowest BCUT2D eigenvalue weighted by molar-refractivity contribution is 0.102. The van der Waals surface area contributed by atoms with E-state index in [0.29, 0.717) is 16.9 Å². The number of aliphatic hydroxyl groups excluding tert-OH is 1. The first-order valence-electron chi connectivity index (χ1n) is 9.79. The third-order valence-corrected chi connectivity index (χ3v) is 4.98. The summed E-state index contributed by atoms with van der Waals surface area (Å²) in [5.41, 5.74) is 6.50. The Morgan fingerprint density at radius 1 is 1.00 bits per heavy atom. The van der Waals surface area contributed by atoms with Crippen molar-refractivity contribution in [2.24, 2.45) is 0 Å². The Morgan fingerprint density at radius 2 is 1.80 bits per heavy atom. The molecule has 0 atom stereocenters. The third-order valence-electron chi connectivity index (χ3n) is 4.98. The van der Waals surface area contributed by atoms with E-state index in [1.165, 1.54) is 0 Å². The SMILES string of the molecule is Cc1ccc(-c2nn(-c3ccccc3)cc2C(=O)Nc2cccc(CO)c2)c(C)c1. The maximum absolute atomic E-state index is 13.2. The summed E-state index contributed by atoms with van der Waals surface area (Å²) < 4.78 is 1.73. The van der Waals surface area contributed by atoms with Crippen LogP contribution in [0.5, 0.6) is 0 Å². The first-order valence-corrected chi connectivity index (χ1v) is 9.79. The highest BCUT2D eigenvalue weighted by Crippen LogP contribution is 2.28. The molecule has 150 valence electrons. The van der Waals surface area contributed by atoms with Crippen LogP contribution in [0.3, 0.4) is 0 Å². The number of rotatable bonds is 5. The van der Waals surface area contributed by atoms with E-state index in [1.807, 2.05) is 62.4 Å². The van der Waals surface area contributed by atoms with Crippen molar-refractivity contribution in [2.75, 3.05) is 5.32 Å². The standard InChI is InChI=1S/C25H23N3O2/c1-17-11-12-22(18(2)13-17)24-23(15-28(27-24)21-9-4-3-5-10-21)25(30)26-20-8-6-7-19(14-20)16-29/h3-15,29H,16H2,1-2H3,(H,26,30). The van der Waals surface area contributed by atoms with Gasteiger partial charge in [-0.25, -0.2) is 4.68 Å². The average Bonchev–Trinajstić information content (AvgIpc) is 3.20. The molecule has 4 rings (SSSR count). The van der Waals surface area contributed by atoms with Gasteiger partial charge in [-0.15, -0.1) is 0 Å². The fourth-order valence-corrected chi connectivity index (χ4v) is 3.48. The summed E-state index contributed by atoms with van der Waals surface area (Å²) in [7, 11) is 0. The van der Waals surface area contributed by atoms with Crippen molar-refractivity contribution in [3.05, 3.63) is 101 Å². The van der Waals surface area contributed by atoms with E-state index >= 15 is 0 Å². The van der Waals surface area contributed by atoms with Crippen molar-refractivity contribution in [2.45, 2.75) is 20.5 Å². The van der Waals surface area contributed by atoms with Gasteiger partial charge >= 0.3 is 0 Å². The number of anilines is 1. The van der Waals surface area contributed by atoms with Crippen LogP contribution in [0.4, 0.5) is 5.69 Å². The van der Waals surface area contributed by atoms with E-state index in [0.717, 1.165) is 27.9 Å². The molecule has 5 heteroatoms. The van der Waals surface area contributed by atoms with E-state index in [1.54, 1.807) is 29.1 Å². The molecule has 0 radical (unpaired) electrons. The molecule has 2 N–H and O–H groups in total. The van der Waals surface area contributed by atoms with Gasteiger partial charge in [-0.3, -0.25) is 4.79 Å². The summed E-state index contributed by atoms with van der Waals surface area (Å²) in [5, 5.41) is 17.1. The number of hydrogen-bond acceptors (Lipinski definition) is 3. The highest BCUT2D eigenvalue weighted by Gasteiger charge is 2.20. The van der Waals surface area contributed by atoms with Crippen molar-refractivity contribution in [3.63, 3.8) is 0 Å². The van der Waals surface area contributed by atoms with Gasteiger partial charge in [0.15, 0.2) is 0 Å². The van der Waals surface area contributed by atoms with E-state index in [9.17, 15) is 9.90 Å². The molecule has 0 bridgehead atoms. The zero-order valence-corrected chi connectivity index (χ0v) is 17.0. The van der Waals surface area contributed by atoms with Crippen LogP contribution >= 0.6 is 0 Å². The quantitative estimate of drug-likeness (QED) is 0.503. The molecule has 3 aromatic carbocycles. The molecule has 1 heterocycles. The molecule has 0 aliphatic carbocycles. The monoisotopic (exact) mass is 397 g/mol. The molecule has 0 saturated heterocycles. The van der Waals surface area contributed by atoms with E-state index in [4.69, 9.17) is 5.10 Å². The Morgan fingerprint density at radius 3 is 2.53 bits per heavy atom. The molecule has 0 aliphatic heterocycles. The molecule has 0 saturated carbocycles.